The third-order valence-corrected chi connectivity index (χ3v) is 2.60. The molecule has 16 heavy (non-hydrogen) atoms. The standard InChI is InChI=1S/C10H14N4O2/c1-4-10(5-2,6-11)8(15)12-9-14-13-7(3)16-9/h4-5H2,1-3H3,(H,12,14,15). The van der Waals surface area contributed by atoms with Crippen molar-refractivity contribution in [3.63, 3.8) is 0 Å². The molecular formula is C10H14N4O2. The number of amides is 1. The van der Waals surface area contributed by atoms with Gasteiger partial charge in [-0.1, -0.05) is 18.9 Å². The first-order valence-electron chi connectivity index (χ1n) is 5.10. The van der Waals surface area contributed by atoms with E-state index < -0.39 is 11.3 Å². The van der Waals surface area contributed by atoms with E-state index in [-0.39, 0.29) is 6.01 Å². The number of nitriles is 1. The van der Waals surface area contributed by atoms with Gasteiger partial charge < -0.3 is 4.42 Å². The smallest absolute Gasteiger partial charge is 0.322 e. The molecule has 0 aliphatic rings. The van der Waals surface area contributed by atoms with Crippen molar-refractivity contribution < 1.29 is 9.21 Å². The number of carbonyl (C=O) groups is 1. The van der Waals surface area contributed by atoms with Crippen molar-refractivity contribution in [1.29, 1.82) is 5.26 Å². The van der Waals surface area contributed by atoms with Crippen molar-refractivity contribution in [2.45, 2.75) is 33.6 Å². The van der Waals surface area contributed by atoms with Crippen LogP contribution in [0.5, 0.6) is 0 Å². The number of aryl methyl sites for hydroxylation is 1. The van der Waals surface area contributed by atoms with Gasteiger partial charge in [0.05, 0.1) is 6.07 Å². The summed E-state index contributed by atoms with van der Waals surface area (Å²) in [5.41, 5.74) is -1.03. The third kappa shape index (κ3) is 2.19. The van der Waals surface area contributed by atoms with Gasteiger partial charge in [0.15, 0.2) is 0 Å². The molecule has 1 aromatic heterocycles. The zero-order valence-corrected chi connectivity index (χ0v) is 9.57. The average molecular weight is 222 g/mol. The van der Waals surface area contributed by atoms with Crippen molar-refractivity contribution >= 4 is 11.9 Å². The third-order valence-electron chi connectivity index (χ3n) is 2.60. The van der Waals surface area contributed by atoms with Gasteiger partial charge >= 0.3 is 6.01 Å². The molecule has 0 spiro atoms. The predicted molar refractivity (Wildman–Crippen MR) is 56.3 cm³/mol. The number of rotatable bonds is 4. The summed E-state index contributed by atoms with van der Waals surface area (Å²) < 4.78 is 5.02. The first kappa shape index (κ1) is 12.2. The molecular weight excluding hydrogens is 208 g/mol. The Kier molecular flexibility index (Phi) is 3.61. The molecule has 0 aromatic carbocycles. The second kappa shape index (κ2) is 4.75. The summed E-state index contributed by atoms with van der Waals surface area (Å²) in [7, 11) is 0. The molecule has 0 atom stereocenters. The predicted octanol–water partition coefficient (Wildman–Crippen LogP) is 1.65. The highest BCUT2D eigenvalue weighted by Gasteiger charge is 2.35. The Morgan fingerprint density at radius 1 is 1.50 bits per heavy atom. The molecule has 0 bridgehead atoms. The maximum Gasteiger partial charge on any atom is 0.322 e. The van der Waals surface area contributed by atoms with Gasteiger partial charge in [0.2, 0.25) is 11.8 Å². The summed E-state index contributed by atoms with van der Waals surface area (Å²) in [6.07, 6.45) is 0.887. The van der Waals surface area contributed by atoms with Crippen molar-refractivity contribution in [2.24, 2.45) is 5.41 Å². The summed E-state index contributed by atoms with van der Waals surface area (Å²) in [5.74, 6) is -0.0329. The summed E-state index contributed by atoms with van der Waals surface area (Å²) >= 11 is 0. The van der Waals surface area contributed by atoms with E-state index in [1.165, 1.54) is 0 Å². The van der Waals surface area contributed by atoms with Crippen LogP contribution in [0.3, 0.4) is 0 Å². The minimum Gasteiger partial charge on any atom is -0.408 e. The number of hydrogen-bond donors (Lipinski definition) is 1. The van der Waals surface area contributed by atoms with Gasteiger partial charge in [-0.05, 0) is 12.8 Å². The maximum absolute atomic E-state index is 11.9. The number of aromatic nitrogens is 2. The Hall–Kier alpha value is -1.90. The first-order valence-corrected chi connectivity index (χ1v) is 5.10. The lowest BCUT2D eigenvalue weighted by Gasteiger charge is -2.20. The van der Waals surface area contributed by atoms with Gasteiger partial charge in [-0.25, -0.2) is 0 Å². The molecule has 0 aliphatic heterocycles. The summed E-state index contributed by atoms with van der Waals surface area (Å²) in [6.45, 7) is 5.22. The van der Waals surface area contributed by atoms with Gasteiger partial charge in [-0.15, -0.1) is 5.10 Å². The van der Waals surface area contributed by atoms with Crippen LogP contribution in [0.15, 0.2) is 4.42 Å². The van der Waals surface area contributed by atoms with E-state index in [0.717, 1.165) is 0 Å². The summed E-state index contributed by atoms with van der Waals surface area (Å²) in [5, 5.41) is 18.7. The van der Waals surface area contributed by atoms with Gasteiger partial charge in [0.1, 0.15) is 5.41 Å². The van der Waals surface area contributed by atoms with Crippen LogP contribution in [0, 0.1) is 23.7 Å². The lowest BCUT2D eigenvalue weighted by molar-refractivity contribution is -0.123. The van der Waals surface area contributed by atoms with E-state index in [9.17, 15) is 4.79 Å². The lowest BCUT2D eigenvalue weighted by Crippen LogP contribution is -2.34. The highest BCUT2D eigenvalue weighted by atomic mass is 16.4. The summed E-state index contributed by atoms with van der Waals surface area (Å²) in [6, 6.07) is 2.07. The van der Waals surface area contributed by atoms with Gasteiger partial charge in [0, 0.05) is 6.92 Å². The van der Waals surface area contributed by atoms with E-state index in [1.54, 1.807) is 20.8 Å². The molecule has 1 amide bonds. The second-order valence-electron chi connectivity index (χ2n) is 3.48. The molecule has 0 saturated heterocycles. The molecule has 1 rings (SSSR count). The molecule has 0 unspecified atom stereocenters. The average Bonchev–Trinajstić information content (AvgIpc) is 2.67. The fourth-order valence-electron chi connectivity index (χ4n) is 1.34. The topological polar surface area (TPSA) is 91.8 Å². The monoisotopic (exact) mass is 222 g/mol. The van der Waals surface area contributed by atoms with Crippen LogP contribution < -0.4 is 5.32 Å². The van der Waals surface area contributed by atoms with E-state index in [0.29, 0.717) is 18.7 Å². The molecule has 1 N–H and O–H groups in total. The molecule has 0 saturated carbocycles. The van der Waals surface area contributed by atoms with Crippen LogP contribution >= 0.6 is 0 Å². The van der Waals surface area contributed by atoms with E-state index in [4.69, 9.17) is 9.68 Å². The summed E-state index contributed by atoms with van der Waals surface area (Å²) in [4.78, 5) is 11.9. The van der Waals surface area contributed by atoms with Crippen LogP contribution in [0.1, 0.15) is 32.6 Å². The minimum atomic E-state index is -1.03. The van der Waals surface area contributed by atoms with Gasteiger partial charge in [-0.2, -0.15) is 5.26 Å². The van der Waals surface area contributed by atoms with Crippen LogP contribution in [-0.4, -0.2) is 16.1 Å². The highest BCUT2D eigenvalue weighted by molar-refractivity contribution is 5.95. The molecule has 1 heterocycles. The number of hydrogen-bond acceptors (Lipinski definition) is 5. The van der Waals surface area contributed by atoms with Crippen LogP contribution in [0.2, 0.25) is 0 Å². The van der Waals surface area contributed by atoms with Gasteiger partial charge in [0.25, 0.3) is 0 Å². The maximum atomic E-state index is 11.9. The first-order chi connectivity index (χ1) is 7.57. The largest absolute Gasteiger partial charge is 0.408 e. The number of nitrogens with one attached hydrogen (secondary N) is 1. The minimum absolute atomic E-state index is 0.0315. The van der Waals surface area contributed by atoms with E-state index >= 15 is 0 Å². The lowest BCUT2D eigenvalue weighted by atomic mass is 9.83. The molecule has 0 aliphatic carbocycles. The van der Waals surface area contributed by atoms with E-state index in [1.807, 2.05) is 6.07 Å². The molecule has 6 nitrogen and oxygen atoms in total. The van der Waals surface area contributed by atoms with Crippen LogP contribution in [0.25, 0.3) is 0 Å². The number of nitrogens with zero attached hydrogens (tertiary/aromatic N) is 3. The Morgan fingerprint density at radius 3 is 2.50 bits per heavy atom. The van der Waals surface area contributed by atoms with Crippen molar-refractivity contribution in [3.8, 4) is 6.07 Å². The Labute approximate surface area is 93.7 Å². The Morgan fingerprint density at radius 2 is 2.12 bits per heavy atom. The number of anilines is 1. The molecule has 6 heteroatoms. The fraction of sp³-hybridized carbons (Fsp3) is 0.600. The van der Waals surface area contributed by atoms with Crippen molar-refractivity contribution in [2.75, 3.05) is 5.32 Å². The van der Waals surface area contributed by atoms with Crippen molar-refractivity contribution in [3.05, 3.63) is 5.89 Å². The van der Waals surface area contributed by atoms with Crippen LogP contribution in [-0.2, 0) is 4.79 Å². The molecule has 86 valence electrons. The quantitative estimate of drug-likeness (QED) is 0.836. The normalized spacial score (nSPS) is 10.9. The SMILES string of the molecule is CCC(C#N)(CC)C(=O)Nc1nnc(C)o1. The number of carbonyl (C=O) groups excluding carboxylic acids is 1. The Balaban J connectivity index is 2.82. The van der Waals surface area contributed by atoms with E-state index in [2.05, 4.69) is 15.5 Å². The van der Waals surface area contributed by atoms with Gasteiger partial charge in [-0.3, -0.25) is 10.1 Å². The Bertz CT molecular complexity index is 415. The van der Waals surface area contributed by atoms with Crippen LogP contribution in [0.4, 0.5) is 6.01 Å². The zero-order chi connectivity index (χ0) is 12.2. The molecule has 0 fully saturated rings. The highest BCUT2D eigenvalue weighted by Crippen LogP contribution is 2.26. The molecule has 0 radical (unpaired) electrons. The fourth-order valence-corrected chi connectivity index (χ4v) is 1.34. The second-order valence-corrected chi connectivity index (χ2v) is 3.48. The zero-order valence-electron chi connectivity index (χ0n) is 9.57. The van der Waals surface area contributed by atoms with Crippen molar-refractivity contribution in [1.82, 2.24) is 10.2 Å². The molecule has 1 aromatic rings.